The van der Waals surface area contributed by atoms with Gasteiger partial charge in [0.1, 0.15) is 11.6 Å². The Bertz CT molecular complexity index is 1140. The van der Waals surface area contributed by atoms with E-state index in [1.807, 2.05) is 20.8 Å². The standard InChI is InChI=1S/C26H31FN2O5.BrH/c1-7-32-21-12-17-13-29(25(28)22(17)23(27)24(21)33-8-2)14-19(31)16-9-10-20(34-15(3)30)18(11-16)26(4,5)6;/h9-12,28H,7-8,13-14H2,1-6H3;1H. The highest BCUT2D eigenvalue weighted by atomic mass is 79.9. The number of hydrogen-bond donors (Lipinski definition) is 1. The molecular weight excluding hydrogens is 519 g/mol. The van der Waals surface area contributed by atoms with Crippen LogP contribution in [0.1, 0.15) is 68.6 Å². The summed E-state index contributed by atoms with van der Waals surface area (Å²) in [6.07, 6.45) is 0. The van der Waals surface area contributed by atoms with E-state index < -0.39 is 11.8 Å². The highest BCUT2D eigenvalue weighted by Crippen LogP contribution is 2.39. The van der Waals surface area contributed by atoms with E-state index >= 15 is 4.39 Å². The van der Waals surface area contributed by atoms with Crippen LogP contribution in [0.2, 0.25) is 0 Å². The molecule has 1 heterocycles. The van der Waals surface area contributed by atoms with Crippen LogP contribution < -0.4 is 14.2 Å². The molecular formula is C26H32BrFN2O5. The molecule has 0 amide bonds. The maximum atomic E-state index is 15.3. The first-order valence-corrected chi connectivity index (χ1v) is 11.3. The molecule has 0 radical (unpaired) electrons. The van der Waals surface area contributed by atoms with Crippen LogP contribution in [-0.2, 0) is 16.8 Å². The maximum absolute atomic E-state index is 15.3. The molecule has 0 bridgehead atoms. The zero-order valence-corrected chi connectivity index (χ0v) is 22.6. The van der Waals surface area contributed by atoms with Crippen molar-refractivity contribution in [3.05, 3.63) is 52.3 Å². The van der Waals surface area contributed by atoms with E-state index in [1.54, 1.807) is 38.1 Å². The van der Waals surface area contributed by atoms with E-state index in [2.05, 4.69) is 0 Å². The number of benzene rings is 2. The van der Waals surface area contributed by atoms with Crippen molar-refractivity contribution >= 4 is 34.6 Å². The number of nitrogens with zero attached hydrogens (tertiary/aromatic N) is 1. The first kappa shape index (κ1) is 28.3. The van der Waals surface area contributed by atoms with Crippen molar-refractivity contribution in [3.63, 3.8) is 0 Å². The van der Waals surface area contributed by atoms with Crippen molar-refractivity contribution in [2.45, 2.75) is 53.5 Å². The molecule has 1 aliphatic heterocycles. The summed E-state index contributed by atoms with van der Waals surface area (Å²) < 4.78 is 31.6. The fourth-order valence-electron chi connectivity index (χ4n) is 3.96. The summed E-state index contributed by atoms with van der Waals surface area (Å²) in [4.78, 5) is 26.1. The van der Waals surface area contributed by atoms with Gasteiger partial charge in [-0.3, -0.25) is 15.0 Å². The summed E-state index contributed by atoms with van der Waals surface area (Å²) in [7, 11) is 0. The van der Waals surface area contributed by atoms with Gasteiger partial charge < -0.3 is 19.1 Å². The Balaban J connectivity index is 0.00000432. The molecule has 35 heavy (non-hydrogen) atoms. The third kappa shape index (κ3) is 6.01. The lowest BCUT2D eigenvalue weighted by Gasteiger charge is -2.23. The topological polar surface area (TPSA) is 88.9 Å². The Morgan fingerprint density at radius 3 is 2.31 bits per heavy atom. The van der Waals surface area contributed by atoms with Crippen LogP contribution in [0.15, 0.2) is 24.3 Å². The monoisotopic (exact) mass is 550 g/mol. The lowest BCUT2D eigenvalue weighted by atomic mass is 9.85. The number of ketones is 1. The summed E-state index contributed by atoms with van der Waals surface area (Å²) >= 11 is 0. The maximum Gasteiger partial charge on any atom is 0.308 e. The van der Waals surface area contributed by atoms with Crippen LogP contribution in [-0.4, -0.2) is 42.2 Å². The zero-order valence-electron chi connectivity index (χ0n) is 20.9. The summed E-state index contributed by atoms with van der Waals surface area (Å²) in [5.41, 5.74) is 1.48. The van der Waals surface area contributed by atoms with Gasteiger partial charge in [-0.1, -0.05) is 20.8 Å². The van der Waals surface area contributed by atoms with E-state index in [0.717, 1.165) is 5.56 Å². The van der Waals surface area contributed by atoms with Crippen LogP contribution in [0.3, 0.4) is 0 Å². The molecule has 0 aliphatic carbocycles. The number of carbonyl (C=O) groups excluding carboxylic acids is 2. The van der Waals surface area contributed by atoms with Crippen molar-refractivity contribution in [1.29, 1.82) is 5.41 Å². The Kier molecular flexibility index (Phi) is 9.06. The van der Waals surface area contributed by atoms with Gasteiger partial charge in [0, 0.05) is 24.6 Å². The molecule has 0 spiro atoms. The Hall–Kier alpha value is -2.94. The molecule has 0 saturated heterocycles. The van der Waals surface area contributed by atoms with Crippen LogP contribution in [0, 0.1) is 11.2 Å². The number of carbonyl (C=O) groups is 2. The summed E-state index contributed by atoms with van der Waals surface area (Å²) in [6.45, 7) is 11.5. The van der Waals surface area contributed by atoms with Gasteiger partial charge in [0.05, 0.1) is 25.3 Å². The minimum atomic E-state index is -0.650. The number of ether oxygens (including phenoxy) is 3. The number of amidine groups is 1. The molecule has 0 fully saturated rings. The van der Waals surface area contributed by atoms with Crippen LogP contribution in [0.25, 0.3) is 0 Å². The second-order valence-corrected chi connectivity index (χ2v) is 9.10. The number of rotatable bonds is 8. The van der Waals surface area contributed by atoms with Gasteiger partial charge in [0.15, 0.2) is 23.1 Å². The number of nitrogens with one attached hydrogen (secondary N) is 1. The average molecular weight is 551 g/mol. The molecule has 0 aromatic heterocycles. The third-order valence-corrected chi connectivity index (χ3v) is 5.47. The molecule has 0 unspecified atom stereocenters. The van der Waals surface area contributed by atoms with Crippen molar-refractivity contribution in [3.8, 4) is 17.2 Å². The van der Waals surface area contributed by atoms with Crippen LogP contribution in [0.5, 0.6) is 17.2 Å². The van der Waals surface area contributed by atoms with Crippen molar-refractivity contribution in [1.82, 2.24) is 4.90 Å². The minimum Gasteiger partial charge on any atom is -0.490 e. The van der Waals surface area contributed by atoms with E-state index in [4.69, 9.17) is 19.6 Å². The highest BCUT2D eigenvalue weighted by Gasteiger charge is 2.33. The van der Waals surface area contributed by atoms with E-state index in [0.29, 0.717) is 23.5 Å². The summed E-state index contributed by atoms with van der Waals surface area (Å²) in [5.74, 6) is -0.706. The zero-order chi connectivity index (χ0) is 25.2. The van der Waals surface area contributed by atoms with Crippen molar-refractivity contribution in [2.24, 2.45) is 0 Å². The van der Waals surface area contributed by atoms with E-state index in [9.17, 15) is 9.59 Å². The molecule has 2 aromatic rings. The molecule has 3 rings (SSSR count). The van der Waals surface area contributed by atoms with E-state index in [1.165, 1.54) is 11.8 Å². The number of hydrogen-bond acceptors (Lipinski definition) is 6. The van der Waals surface area contributed by atoms with Gasteiger partial charge in [-0.15, -0.1) is 17.0 Å². The molecule has 1 aliphatic rings. The van der Waals surface area contributed by atoms with Crippen LogP contribution in [0.4, 0.5) is 4.39 Å². The Morgan fingerprint density at radius 1 is 1.09 bits per heavy atom. The average Bonchev–Trinajstić information content (AvgIpc) is 3.05. The molecule has 9 heteroatoms. The number of esters is 1. The SMILES string of the molecule is Br.CCOc1cc2c(c(F)c1OCC)C(=N)N(CC(=O)c1ccc(OC(C)=O)c(C(C)(C)C)c1)C2. The largest absolute Gasteiger partial charge is 0.490 e. The number of halogens is 2. The predicted octanol–water partition coefficient (Wildman–Crippen LogP) is 5.45. The summed E-state index contributed by atoms with van der Waals surface area (Å²) in [6, 6.07) is 6.61. The first-order valence-electron chi connectivity index (χ1n) is 11.3. The second-order valence-electron chi connectivity index (χ2n) is 9.10. The van der Waals surface area contributed by atoms with Gasteiger partial charge in [0.2, 0.25) is 0 Å². The smallest absolute Gasteiger partial charge is 0.308 e. The predicted molar refractivity (Wildman–Crippen MR) is 137 cm³/mol. The number of fused-ring (bicyclic) bond motifs is 1. The quantitative estimate of drug-likeness (QED) is 0.267. The van der Waals surface area contributed by atoms with Gasteiger partial charge in [-0.05, 0) is 49.1 Å². The minimum absolute atomic E-state index is 0. The molecule has 1 N–H and O–H groups in total. The van der Waals surface area contributed by atoms with Gasteiger partial charge in [-0.2, -0.15) is 0 Å². The fraction of sp³-hybridized carbons (Fsp3) is 0.423. The van der Waals surface area contributed by atoms with E-state index in [-0.39, 0.29) is 70.8 Å². The third-order valence-electron chi connectivity index (χ3n) is 5.47. The highest BCUT2D eigenvalue weighted by molar-refractivity contribution is 8.93. The Morgan fingerprint density at radius 2 is 1.74 bits per heavy atom. The molecule has 0 atom stereocenters. The van der Waals surface area contributed by atoms with Gasteiger partial charge >= 0.3 is 5.97 Å². The molecule has 7 nitrogen and oxygen atoms in total. The Labute approximate surface area is 215 Å². The van der Waals surface area contributed by atoms with Crippen molar-refractivity contribution < 1.29 is 28.2 Å². The van der Waals surface area contributed by atoms with Crippen LogP contribution >= 0.6 is 17.0 Å². The molecule has 0 saturated carbocycles. The fourth-order valence-corrected chi connectivity index (χ4v) is 3.96. The summed E-state index contributed by atoms with van der Waals surface area (Å²) in [5, 5.41) is 8.52. The first-order chi connectivity index (χ1) is 16.0. The number of Topliss-reactive ketones (excluding diaryl/α,β-unsaturated/α-hetero) is 1. The lowest BCUT2D eigenvalue weighted by molar-refractivity contribution is -0.131. The molecule has 190 valence electrons. The second kappa shape index (κ2) is 11.2. The van der Waals surface area contributed by atoms with Gasteiger partial charge in [0.25, 0.3) is 0 Å². The normalized spacial score (nSPS) is 12.7. The molecule has 2 aromatic carbocycles. The van der Waals surface area contributed by atoms with Crippen molar-refractivity contribution in [2.75, 3.05) is 19.8 Å². The van der Waals surface area contributed by atoms with Gasteiger partial charge in [-0.25, -0.2) is 4.39 Å². The lowest BCUT2D eigenvalue weighted by Crippen LogP contribution is -2.30.